The molecule has 0 aromatic heterocycles. The van der Waals surface area contributed by atoms with E-state index < -0.39 is 0 Å². The van der Waals surface area contributed by atoms with Crippen LogP contribution in [-0.2, 0) is 4.79 Å². The van der Waals surface area contributed by atoms with Gasteiger partial charge in [-0.3, -0.25) is 4.79 Å². The minimum absolute atomic E-state index is 0.0257. The number of hydrogen-bond donors (Lipinski definition) is 1. The van der Waals surface area contributed by atoms with Crippen molar-refractivity contribution in [3.63, 3.8) is 0 Å². The number of aryl methyl sites for hydroxylation is 1. The van der Waals surface area contributed by atoms with E-state index >= 15 is 0 Å². The largest absolute Gasteiger partial charge is 0.494 e. The number of amides is 1. The maximum Gasteiger partial charge on any atom is 0.262 e. The summed E-state index contributed by atoms with van der Waals surface area (Å²) in [5.74, 6) is 2.19. The lowest BCUT2D eigenvalue weighted by Crippen LogP contribution is -2.20. The summed E-state index contributed by atoms with van der Waals surface area (Å²) in [4.78, 5) is 12.1. The van der Waals surface area contributed by atoms with Crippen molar-refractivity contribution in [1.82, 2.24) is 0 Å². The van der Waals surface area contributed by atoms with E-state index in [2.05, 4.69) is 21.2 Å². The molecule has 1 N–H and O–H groups in total. The van der Waals surface area contributed by atoms with E-state index in [0.717, 1.165) is 40.4 Å². The van der Waals surface area contributed by atoms with Crippen molar-refractivity contribution in [1.29, 1.82) is 0 Å². The number of halogens is 1. The van der Waals surface area contributed by atoms with Crippen LogP contribution < -0.4 is 14.8 Å². The van der Waals surface area contributed by atoms with Crippen molar-refractivity contribution < 1.29 is 14.3 Å². The van der Waals surface area contributed by atoms with Gasteiger partial charge in [0.1, 0.15) is 11.5 Å². The third-order valence-electron chi connectivity index (χ3n) is 5.15. The smallest absolute Gasteiger partial charge is 0.262 e. The molecule has 0 aliphatic heterocycles. The van der Waals surface area contributed by atoms with Crippen LogP contribution in [0.25, 0.3) is 0 Å². The fourth-order valence-corrected chi connectivity index (χ4v) is 4.04. The Kier molecular flexibility index (Phi) is 7.78. The van der Waals surface area contributed by atoms with Crippen LogP contribution in [0.15, 0.2) is 46.9 Å². The third kappa shape index (κ3) is 6.55. The molecule has 0 heterocycles. The second-order valence-electron chi connectivity index (χ2n) is 7.41. The van der Waals surface area contributed by atoms with Crippen molar-refractivity contribution >= 4 is 27.5 Å². The van der Waals surface area contributed by atoms with Crippen molar-refractivity contribution in [3.8, 4) is 11.5 Å². The highest BCUT2D eigenvalue weighted by molar-refractivity contribution is 9.10. The molecule has 1 aliphatic rings. The number of rotatable bonds is 8. The van der Waals surface area contributed by atoms with Gasteiger partial charge in [-0.25, -0.2) is 0 Å². The summed E-state index contributed by atoms with van der Waals surface area (Å²) in [6.07, 6.45) is 7.93. The summed E-state index contributed by atoms with van der Waals surface area (Å²) in [6.45, 7) is 2.68. The Morgan fingerprint density at radius 3 is 2.54 bits per heavy atom. The molecule has 1 aliphatic carbocycles. The van der Waals surface area contributed by atoms with E-state index in [1.54, 1.807) is 0 Å². The molecule has 0 spiro atoms. The van der Waals surface area contributed by atoms with Gasteiger partial charge in [0.15, 0.2) is 6.61 Å². The Hall–Kier alpha value is -2.01. The summed E-state index contributed by atoms with van der Waals surface area (Å²) in [5.41, 5.74) is 1.72. The quantitative estimate of drug-likeness (QED) is 0.531. The van der Waals surface area contributed by atoms with E-state index in [4.69, 9.17) is 9.47 Å². The monoisotopic (exact) mass is 445 g/mol. The van der Waals surface area contributed by atoms with Gasteiger partial charge in [-0.2, -0.15) is 0 Å². The van der Waals surface area contributed by atoms with Crippen molar-refractivity contribution in [2.75, 3.05) is 18.5 Å². The normalized spacial score (nSPS) is 14.5. The van der Waals surface area contributed by atoms with Crippen LogP contribution in [0.4, 0.5) is 5.69 Å². The Bertz CT molecular complexity index is 770. The van der Waals surface area contributed by atoms with Gasteiger partial charge in [0.25, 0.3) is 5.91 Å². The lowest BCUT2D eigenvalue weighted by atomic mass is 9.87. The molecule has 0 atom stereocenters. The number of nitrogens with one attached hydrogen (secondary N) is 1. The highest BCUT2D eigenvalue weighted by Gasteiger charge is 2.13. The van der Waals surface area contributed by atoms with E-state index in [1.807, 2.05) is 49.4 Å². The standard InChI is InChI=1S/C23H28BrNO3/c1-17-15-19(24)7-12-22(17)28-16-23(26)25-20-8-10-21(11-9-20)27-14-13-18-5-3-2-4-6-18/h7-12,15,18H,2-6,13-14,16H2,1H3,(H,25,26). The van der Waals surface area contributed by atoms with Gasteiger partial charge >= 0.3 is 0 Å². The highest BCUT2D eigenvalue weighted by Crippen LogP contribution is 2.26. The Morgan fingerprint density at radius 2 is 1.82 bits per heavy atom. The number of benzene rings is 2. The molecule has 4 nitrogen and oxygen atoms in total. The van der Waals surface area contributed by atoms with Gasteiger partial charge in [-0.1, -0.05) is 48.0 Å². The first kappa shape index (κ1) is 20.7. The molecular formula is C23H28BrNO3. The number of anilines is 1. The molecule has 0 unspecified atom stereocenters. The van der Waals surface area contributed by atoms with E-state index in [-0.39, 0.29) is 12.5 Å². The van der Waals surface area contributed by atoms with Gasteiger partial charge < -0.3 is 14.8 Å². The van der Waals surface area contributed by atoms with Gasteiger partial charge in [0, 0.05) is 10.2 Å². The summed E-state index contributed by atoms with van der Waals surface area (Å²) >= 11 is 3.42. The van der Waals surface area contributed by atoms with Gasteiger partial charge in [0.2, 0.25) is 0 Å². The van der Waals surface area contributed by atoms with Crippen LogP contribution in [0.5, 0.6) is 11.5 Å². The van der Waals surface area contributed by atoms with E-state index in [9.17, 15) is 4.79 Å². The second-order valence-corrected chi connectivity index (χ2v) is 8.33. The summed E-state index contributed by atoms with van der Waals surface area (Å²) in [5, 5.41) is 2.85. The van der Waals surface area contributed by atoms with Crippen molar-refractivity contribution in [2.45, 2.75) is 45.4 Å². The number of carbonyl (C=O) groups is 1. The SMILES string of the molecule is Cc1cc(Br)ccc1OCC(=O)Nc1ccc(OCCC2CCCCC2)cc1. The molecule has 150 valence electrons. The van der Waals surface area contributed by atoms with Gasteiger partial charge in [-0.05, 0) is 67.3 Å². The molecule has 2 aromatic rings. The molecule has 1 amide bonds. The van der Waals surface area contributed by atoms with Crippen LogP contribution in [0, 0.1) is 12.8 Å². The second kappa shape index (κ2) is 10.5. The zero-order valence-electron chi connectivity index (χ0n) is 16.4. The van der Waals surface area contributed by atoms with Crippen LogP contribution in [-0.4, -0.2) is 19.1 Å². The Balaban J connectivity index is 1.39. The summed E-state index contributed by atoms with van der Waals surface area (Å²) in [6, 6.07) is 13.2. The molecule has 2 aromatic carbocycles. The first-order valence-electron chi connectivity index (χ1n) is 10.0. The average molecular weight is 446 g/mol. The Morgan fingerprint density at radius 1 is 1.07 bits per heavy atom. The maximum absolute atomic E-state index is 12.1. The zero-order chi connectivity index (χ0) is 19.8. The molecule has 1 saturated carbocycles. The highest BCUT2D eigenvalue weighted by atomic mass is 79.9. The van der Waals surface area contributed by atoms with Crippen LogP contribution in [0.2, 0.25) is 0 Å². The third-order valence-corrected chi connectivity index (χ3v) is 5.65. The van der Waals surface area contributed by atoms with Crippen molar-refractivity contribution in [2.24, 2.45) is 5.92 Å². The molecule has 28 heavy (non-hydrogen) atoms. The fourth-order valence-electron chi connectivity index (χ4n) is 3.57. The maximum atomic E-state index is 12.1. The number of ether oxygens (including phenoxy) is 2. The fraction of sp³-hybridized carbons (Fsp3) is 0.435. The first-order chi connectivity index (χ1) is 13.6. The van der Waals surface area contributed by atoms with Crippen molar-refractivity contribution in [3.05, 3.63) is 52.5 Å². The van der Waals surface area contributed by atoms with Gasteiger partial charge in [-0.15, -0.1) is 0 Å². The Labute approximate surface area is 175 Å². The predicted octanol–water partition coefficient (Wildman–Crippen LogP) is 6.12. The minimum atomic E-state index is -0.187. The van der Waals surface area contributed by atoms with Crippen LogP contribution in [0.1, 0.15) is 44.1 Å². The number of carbonyl (C=O) groups excluding carboxylic acids is 1. The number of hydrogen-bond acceptors (Lipinski definition) is 3. The molecule has 1 fully saturated rings. The summed E-state index contributed by atoms with van der Waals surface area (Å²) in [7, 11) is 0. The molecule has 3 rings (SSSR count). The zero-order valence-corrected chi connectivity index (χ0v) is 18.0. The predicted molar refractivity (Wildman–Crippen MR) is 116 cm³/mol. The lowest BCUT2D eigenvalue weighted by Gasteiger charge is -2.21. The lowest BCUT2D eigenvalue weighted by molar-refractivity contribution is -0.118. The molecule has 0 bridgehead atoms. The average Bonchev–Trinajstić information content (AvgIpc) is 2.69. The summed E-state index contributed by atoms with van der Waals surface area (Å²) < 4.78 is 12.4. The van der Waals surface area contributed by atoms with Gasteiger partial charge in [0.05, 0.1) is 6.61 Å². The van der Waals surface area contributed by atoms with Crippen LogP contribution >= 0.6 is 15.9 Å². The van der Waals surface area contributed by atoms with Crippen LogP contribution in [0.3, 0.4) is 0 Å². The molecule has 5 heteroatoms. The molecular weight excluding hydrogens is 418 g/mol. The first-order valence-corrected chi connectivity index (χ1v) is 10.8. The van der Waals surface area contributed by atoms with E-state index in [1.165, 1.54) is 32.1 Å². The topological polar surface area (TPSA) is 47.6 Å². The minimum Gasteiger partial charge on any atom is -0.494 e. The molecule has 0 radical (unpaired) electrons. The molecule has 0 saturated heterocycles. The van der Waals surface area contributed by atoms with E-state index in [0.29, 0.717) is 5.75 Å².